The molecule has 1 heterocycles. The molecule has 0 atom stereocenters. The van der Waals surface area contributed by atoms with E-state index in [1.807, 2.05) is 13.8 Å². The number of esters is 1. The SMILES string of the molecule is COC(=O)C(C)(C)CN(Cc1ccsc1)C1CC1. The molecule has 2 rings (SSSR count). The second kappa shape index (κ2) is 5.41. The summed E-state index contributed by atoms with van der Waals surface area (Å²) in [6.07, 6.45) is 2.50. The third kappa shape index (κ3) is 3.33. The van der Waals surface area contributed by atoms with Gasteiger partial charge >= 0.3 is 5.97 Å². The standard InChI is InChI=1S/C14H21NO2S/c1-14(2,13(16)17-3)10-15(12-4-5-12)8-11-6-7-18-9-11/h6-7,9,12H,4-5,8,10H2,1-3H3. The molecule has 1 aromatic heterocycles. The zero-order chi connectivity index (χ0) is 13.2. The van der Waals surface area contributed by atoms with E-state index in [1.54, 1.807) is 11.3 Å². The van der Waals surface area contributed by atoms with E-state index in [1.165, 1.54) is 25.5 Å². The molecule has 0 spiro atoms. The highest BCUT2D eigenvalue weighted by atomic mass is 32.1. The van der Waals surface area contributed by atoms with Gasteiger partial charge < -0.3 is 4.74 Å². The highest BCUT2D eigenvalue weighted by Crippen LogP contribution is 2.32. The molecule has 0 N–H and O–H groups in total. The second-order valence-corrected chi connectivity index (χ2v) is 6.42. The number of thiophene rings is 1. The summed E-state index contributed by atoms with van der Waals surface area (Å²) in [6.45, 7) is 5.62. The van der Waals surface area contributed by atoms with E-state index in [4.69, 9.17) is 4.74 Å². The van der Waals surface area contributed by atoms with Gasteiger partial charge in [-0.1, -0.05) is 0 Å². The average molecular weight is 267 g/mol. The molecule has 1 saturated carbocycles. The average Bonchev–Trinajstić information content (AvgIpc) is 3.06. The maximum Gasteiger partial charge on any atom is 0.312 e. The first-order valence-corrected chi connectivity index (χ1v) is 7.31. The smallest absolute Gasteiger partial charge is 0.312 e. The van der Waals surface area contributed by atoms with Crippen molar-refractivity contribution in [1.82, 2.24) is 4.90 Å². The van der Waals surface area contributed by atoms with E-state index in [2.05, 4.69) is 21.7 Å². The molecule has 0 radical (unpaired) electrons. The highest BCUT2D eigenvalue weighted by Gasteiger charge is 2.37. The van der Waals surface area contributed by atoms with Crippen LogP contribution >= 0.6 is 11.3 Å². The molecule has 1 aromatic rings. The van der Waals surface area contributed by atoms with Crippen LogP contribution in [0.1, 0.15) is 32.3 Å². The van der Waals surface area contributed by atoms with Gasteiger partial charge in [0.25, 0.3) is 0 Å². The summed E-state index contributed by atoms with van der Waals surface area (Å²) >= 11 is 1.72. The zero-order valence-electron chi connectivity index (χ0n) is 11.3. The molecule has 1 fully saturated rings. The van der Waals surface area contributed by atoms with Crippen molar-refractivity contribution < 1.29 is 9.53 Å². The van der Waals surface area contributed by atoms with Crippen molar-refractivity contribution in [2.24, 2.45) is 5.41 Å². The van der Waals surface area contributed by atoms with Crippen LogP contribution in [0.5, 0.6) is 0 Å². The predicted molar refractivity (Wildman–Crippen MR) is 73.5 cm³/mol. The van der Waals surface area contributed by atoms with Gasteiger partial charge in [-0.25, -0.2) is 0 Å². The van der Waals surface area contributed by atoms with Crippen molar-refractivity contribution in [2.75, 3.05) is 13.7 Å². The van der Waals surface area contributed by atoms with Crippen LogP contribution in [0.2, 0.25) is 0 Å². The molecule has 3 nitrogen and oxygen atoms in total. The normalized spacial score (nSPS) is 16.0. The van der Waals surface area contributed by atoms with Gasteiger partial charge in [-0.2, -0.15) is 11.3 Å². The Hall–Kier alpha value is -0.870. The lowest BCUT2D eigenvalue weighted by molar-refractivity contribution is -0.152. The first-order valence-electron chi connectivity index (χ1n) is 6.36. The topological polar surface area (TPSA) is 29.5 Å². The fourth-order valence-electron chi connectivity index (χ4n) is 2.22. The molecule has 0 saturated heterocycles. The highest BCUT2D eigenvalue weighted by molar-refractivity contribution is 7.07. The molecule has 0 aliphatic heterocycles. The molecular formula is C14H21NO2S. The van der Waals surface area contributed by atoms with Gasteiger partial charge in [0.15, 0.2) is 0 Å². The van der Waals surface area contributed by atoms with Crippen molar-refractivity contribution in [3.05, 3.63) is 22.4 Å². The van der Waals surface area contributed by atoms with E-state index in [0.29, 0.717) is 6.04 Å². The number of hydrogen-bond donors (Lipinski definition) is 0. The maximum atomic E-state index is 11.8. The maximum absolute atomic E-state index is 11.8. The Morgan fingerprint density at radius 3 is 2.78 bits per heavy atom. The van der Waals surface area contributed by atoms with Crippen LogP contribution in [0, 0.1) is 5.41 Å². The van der Waals surface area contributed by atoms with Gasteiger partial charge in [0.1, 0.15) is 0 Å². The van der Waals surface area contributed by atoms with Crippen molar-refractivity contribution in [3.63, 3.8) is 0 Å². The number of rotatable bonds is 6. The fourth-order valence-corrected chi connectivity index (χ4v) is 2.88. The quantitative estimate of drug-likeness (QED) is 0.742. The molecule has 1 aliphatic carbocycles. The lowest BCUT2D eigenvalue weighted by Gasteiger charge is -2.30. The van der Waals surface area contributed by atoms with Gasteiger partial charge in [-0.05, 0) is 49.1 Å². The van der Waals surface area contributed by atoms with Crippen molar-refractivity contribution >= 4 is 17.3 Å². The summed E-state index contributed by atoms with van der Waals surface area (Å²) in [5, 5.41) is 4.28. The van der Waals surface area contributed by atoms with Crippen LogP contribution in [-0.2, 0) is 16.1 Å². The Bertz CT molecular complexity index is 396. The summed E-state index contributed by atoms with van der Waals surface area (Å²) in [4.78, 5) is 14.2. The van der Waals surface area contributed by atoms with Crippen molar-refractivity contribution in [1.29, 1.82) is 0 Å². The minimum atomic E-state index is -0.437. The van der Waals surface area contributed by atoms with Crippen LogP contribution < -0.4 is 0 Å². The predicted octanol–water partition coefficient (Wildman–Crippen LogP) is 2.91. The first kappa shape index (κ1) is 13.6. The number of ether oxygens (including phenoxy) is 1. The third-order valence-electron chi connectivity index (χ3n) is 3.37. The summed E-state index contributed by atoms with van der Waals surface area (Å²) in [6, 6.07) is 2.80. The fraction of sp³-hybridized carbons (Fsp3) is 0.643. The Morgan fingerprint density at radius 2 is 2.28 bits per heavy atom. The van der Waals surface area contributed by atoms with Crippen LogP contribution in [-0.4, -0.2) is 30.6 Å². The molecule has 1 aliphatic rings. The van der Waals surface area contributed by atoms with Gasteiger partial charge in [0, 0.05) is 19.1 Å². The summed E-state index contributed by atoms with van der Waals surface area (Å²) in [5.74, 6) is -0.126. The van der Waals surface area contributed by atoms with E-state index in [0.717, 1.165) is 13.1 Å². The minimum Gasteiger partial charge on any atom is -0.469 e. The number of hydrogen-bond acceptors (Lipinski definition) is 4. The lowest BCUT2D eigenvalue weighted by atomic mass is 9.92. The molecule has 0 aromatic carbocycles. The van der Waals surface area contributed by atoms with Gasteiger partial charge in [0.05, 0.1) is 12.5 Å². The van der Waals surface area contributed by atoms with E-state index in [9.17, 15) is 4.79 Å². The van der Waals surface area contributed by atoms with Crippen LogP contribution in [0.4, 0.5) is 0 Å². The number of carbonyl (C=O) groups excluding carboxylic acids is 1. The molecule has 18 heavy (non-hydrogen) atoms. The van der Waals surface area contributed by atoms with Gasteiger partial charge in [-0.3, -0.25) is 9.69 Å². The molecule has 0 bridgehead atoms. The monoisotopic (exact) mass is 267 g/mol. The van der Waals surface area contributed by atoms with Crippen LogP contribution in [0.15, 0.2) is 16.8 Å². The minimum absolute atomic E-state index is 0.126. The molecule has 100 valence electrons. The molecule has 0 amide bonds. The second-order valence-electron chi connectivity index (χ2n) is 5.64. The Balaban J connectivity index is 2.00. The molecular weight excluding hydrogens is 246 g/mol. The van der Waals surface area contributed by atoms with Crippen molar-refractivity contribution in [3.8, 4) is 0 Å². The van der Waals surface area contributed by atoms with Crippen molar-refractivity contribution in [2.45, 2.75) is 39.3 Å². The largest absolute Gasteiger partial charge is 0.469 e. The summed E-state index contributed by atoms with van der Waals surface area (Å²) < 4.78 is 4.89. The van der Waals surface area contributed by atoms with E-state index in [-0.39, 0.29) is 5.97 Å². The van der Waals surface area contributed by atoms with Crippen LogP contribution in [0.25, 0.3) is 0 Å². The Morgan fingerprint density at radius 1 is 1.56 bits per heavy atom. The summed E-state index contributed by atoms with van der Waals surface area (Å²) in [5.41, 5.74) is 0.903. The third-order valence-corrected chi connectivity index (χ3v) is 4.10. The number of methoxy groups -OCH3 is 1. The van der Waals surface area contributed by atoms with Gasteiger partial charge in [0.2, 0.25) is 0 Å². The van der Waals surface area contributed by atoms with Gasteiger partial charge in [-0.15, -0.1) is 0 Å². The molecule has 4 heteroatoms. The molecule has 0 unspecified atom stereocenters. The summed E-state index contributed by atoms with van der Waals surface area (Å²) in [7, 11) is 1.46. The number of carbonyl (C=O) groups is 1. The Labute approximate surface area is 113 Å². The lowest BCUT2D eigenvalue weighted by Crippen LogP contribution is -2.40. The Kier molecular flexibility index (Phi) is 4.07. The van der Waals surface area contributed by atoms with E-state index < -0.39 is 5.41 Å². The number of nitrogens with zero attached hydrogens (tertiary/aromatic N) is 1. The van der Waals surface area contributed by atoms with Crippen LogP contribution in [0.3, 0.4) is 0 Å². The first-order chi connectivity index (χ1) is 8.53. The zero-order valence-corrected chi connectivity index (χ0v) is 12.1. The van der Waals surface area contributed by atoms with E-state index >= 15 is 0 Å².